The van der Waals surface area contributed by atoms with E-state index in [-0.39, 0.29) is 11.7 Å². The van der Waals surface area contributed by atoms with Crippen LogP contribution in [0.4, 0.5) is 0 Å². The van der Waals surface area contributed by atoms with Gasteiger partial charge in [0.15, 0.2) is 5.78 Å². The topological polar surface area (TPSA) is 47.3 Å². The van der Waals surface area contributed by atoms with E-state index in [2.05, 4.69) is 43.1 Å². The molecule has 2 aromatic heterocycles. The zero-order valence-electron chi connectivity index (χ0n) is 16.4. The number of benzene rings is 2. The van der Waals surface area contributed by atoms with E-state index in [1.54, 1.807) is 0 Å². The molecule has 0 bridgehead atoms. The molecule has 0 aliphatic heterocycles. The first-order valence-electron chi connectivity index (χ1n) is 9.92. The lowest BCUT2D eigenvalue weighted by molar-refractivity contribution is 0.0962. The third-order valence-corrected chi connectivity index (χ3v) is 5.99. The fraction of sp³-hybridized carbons (Fsp3) is 0.292. The number of aryl methyl sites for hydroxylation is 1. The Bertz CT molecular complexity index is 1220. The molecule has 0 radical (unpaired) electrons. The van der Waals surface area contributed by atoms with Crippen LogP contribution >= 0.6 is 0 Å². The average Bonchev–Trinajstić information content (AvgIpc) is 3.06. The van der Waals surface area contributed by atoms with E-state index in [4.69, 9.17) is 4.98 Å². The van der Waals surface area contributed by atoms with Gasteiger partial charge >= 0.3 is 0 Å². The van der Waals surface area contributed by atoms with Gasteiger partial charge in [-0.3, -0.25) is 9.20 Å². The van der Waals surface area contributed by atoms with Crippen molar-refractivity contribution in [2.75, 3.05) is 0 Å². The predicted octanol–water partition coefficient (Wildman–Crippen LogP) is 5.23. The van der Waals surface area contributed by atoms with Crippen LogP contribution in [-0.4, -0.2) is 20.2 Å². The molecule has 0 N–H and O–H groups in total. The Labute approximate surface area is 164 Å². The fourth-order valence-electron chi connectivity index (χ4n) is 4.45. The van der Waals surface area contributed by atoms with Crippen molar-refractivity contribution in [2.24, 2.45) is 0 Å². The summed E-state index contributed by atoms with van der Waals surface area (Å²) in [5.41, 5.74) is 7.08. The molecule has 0 fully saturated rings. The highest BCUT2D eigenvalue weighted by molar-refractivity contribution is 6.00. The molecule has 0 saturated heterocycles. The smallest absolute Gasteiger partial charge is 0.235 e. The minimum atomic E-state index is 0.181. The second kappa shape index (κ2) is 6.26. The fourth-order valence-corrected chi connectivity index (χ4v) is 4.45. The van der Waals surface area contributed by atoms with Gasteiger partial charge in [0.05, 0.1) is 22.3 Å². The molecular formula is C24H23N3O. The molecule has 1 aliphatic carbocycles. The Balaban J connectivity index is 1.61. The summed E-state index contributed by atoms with van der Waals surface area (Å²) < 4.78 is 2.02. The zero-order chi connectivity index (χ0) is 19.4. The lowest BCUT2D eigenvalue weighted by atomic mass is 9.81. The third-order valence-electron chi connectivity index (χ3n) is 5.99. The molecule has 2 aromatic carbocycles. The third kappa shape index (κ3) is 2.55. The van der Waals surface area contributed by atoms with Crippen molar-refractivity contribution in [3.05, 3.63) is 76.6 Å². The summed E-state index contributed by atoms with van der Waals surface area (Å²) >= 11 is 0. The Morgan fingerprint density at radius 3 is 2.50 bits per heavy atom. The molecule has 0 spiro atoms. The maximum absolute atomic E-state index is 13.1. The van der Waals surface area contributed by atoms with Crippen molar-refractivity contribution in [3.63, 3.8) is 0 Å². The molecule has 1 atom stereocenters. The summed E-state index contributed by atoms with van der Waals surface area (Å²) in [5.74, 6) is 1.56. The van der Waals surface area contributed by atoms with Crippen molar-refractivity contribution < 1.29 is 4.79 Å². The number of Topliss-reactive ketones (excluding diaryl/α,β-unsaturated/α-hetero) is 1. The van der Waals surface area contributed by atoms with Crippen LogP contribution in [0.5, 0.6) is 0 Å². The van der Waals surface area contributed by atoms with E-state index in [9.17, 15) is 4.79 Å². The highest BCUT2D eigenvalue weighted by atomic mass is 16.1. The minimum Gasteiger partial charge on any atom is -0.294 e. The van der Waals surface area contributed by atoms with Gasteiger partial charge in [0.25, 0.3) is 0 Å². The number of fused-ring (bicyclic) bond motifs is 4. The van der Waals surface area contributed by atoms with E-state index in [0.29, 0.717) is 18.1 Å². The largest absolute Gasteiger partial charge is 0.294 e. The molecule has 0 saturated carbocycles. The predicted molar refractivity (Wildman–Crippen MR) is 111 cm³/mol. The van der Waals surface area contributed by atoms with E-state index in [1.807, 2.05) is 35.6 Å². The summed E-state index contributed by atoms with van der Waals surface area (Å²) in [6.07, 6.45) is 1.32. The van der Waals surface area contributed by atoms with Gasteiger partial charge in [0, 0.05) is 12.1 Å². The molecular weight excluding hydrogens is 346 g/mol. The number of hydrogen-bond donors (Lipinski definition) is 0. The molecule has 1 aliphatic rings. The number of ketones is 1. The monoisotopic (exact) mass is 369 g/mol. The Kier molecular flexibility index (Phi) is 3.83. The van der Waals surface area contributed by atoms with E-state index >= 15 is 0 Å². The van der Waals surface area contributed by atoms with Gasteiger partial charge in [-0.25, -0.2) is 9.97 Å². The number of aromatic nitrogens is 3. The first kappa shape index (κ1) is 17.1. The molecule has 0 unspecified atom stereocenters. The molecule has 28 heavy (non-hydrogen) atoms. The van der Waals surface area contributed by atoms with Crippen LogP contribution < -0.4 is 0 Å². The van der Waals surface area contributed by atoms with E-state index in [0.717, 1.165) is 34.4 Å². The number of carbonyl (C=O) groups is 1. The van der Waals surface area contributed by atoms with Crippen LogP contribution in [0.1, 0.15) is 65.0 Å². The average molecular weight is 369 g/mol. The lowest BCUT2D eigenvalue weighted by Gasteiger charge is -2.25. The normalized spacial score (nSPS) is 16.9. The summed E-state index contributed by atoms with van der Waals surface area (Å²) in [5, 5.41) is 0. The van der Waals surface area contributed by atoms with Gasteiger partial charge in [0.2, 0.25) is 5.78 Å². The van der Waals surface area contributed by atoms with E-state index < -0.39 is 0 Å². The number of hydrogen-bond acceptors (Lipinski definition) is 3. The minimum absolute atomic E-state index is 0.181. The Morgan fingerprint density at radius 1 is 1.00 bits per heavy atom. The van der Waals surface area contributed by atoms with Gasteiger partial charge in [-0.15, -0.1) is 0 Å². The standard InChI is InChI=1S/C24H23N3O/c1-14(2)16-8-10-17(11-9-16)18-12-20-23(22(28)13-18)15(3)27-21-7-5-4-6-19(21)25-24(27)26-20/h4-11,14,18H,12-13H2,1-3H3/t18-/m0/s1. The van der Waals surface area contributed by atoms with Gasteiger partial charge in [0.1, 0.15) is 0 Å². The van der Waals surface area contributed by atoms with Crippen molar-refractivity contribution in [2.45, 2.75) is 45.4 Å². The molecule has 4 nitrogen and oxygen atoms in total. The lowest BCUT2D eigenvalue weighted by Crippen LogP contribution is -2.23. The van der Waals surface area contributed by atoms with Gasteiger partial charge in [-0.05, 0) is 48.4 Å². The molecule has 5 rings (SSSR count). The molecule has 140 valence electrons. The quantitative estimate of drug-likeness (QED) is 0.486. The van der Waals surface area contributed by atoms with Gasteiger partial charge in [-0.1, -0.05) is 50.2 Å². The second-order valence-electron chi connectivity index (χ2n) is 8.10. The summed E-state index contributed by atoms with van der Waals surface area (Å²) in [6, 6.07) is 16.7. The van der Waals surface area contributed by atoms with Crippen molar-refractivity contribution in [1.82, 2.24) is 14.4 Å². The highest BCUT2D eigenvalue weighted by Gasteiger charge is 2.30. The highest BCUT2D eigenvalue weighted by Crippen LogP contribution is 2.34. The van der Waals surface area contributed by atoms with Crippen LogP contribution in [-0.2, 0) is 6.42 Å². The maximum Gasteiger partial charge on any atom is 0.235 e. The number of rotatable bonds is 2. The summed E-state index contributed by atoms with van der Waals surface area (Å²) in [6.45, 7) is 6.40. The first-order chi connectivity index (χ1) is 13.5. The van der Waals surface area contributed by atoms with Gasteiger partial charge < -0.3 is 0 Å². The van der Waals surface area contributed by atoms with Crippen LogP contribution in [0, 0.1) is 6.92 Å². The SMILES string of the molecule is Cc1c2c(nc3nc4ccccc4n13)C[C@H](c1ccc(C(C)C)cc1)CC2=O. The second-order valence-corrected chi connectivity index (χ2v) is 8.10. The van der Waals surface area contributed by atoms with Crippen LogP contribution in [0.25, 0.3) is 16.8 Å². The maximum atomic E-state index is 13.1. The Morgan fingerprint density at radius 2 is 1.75 bits per heavy atom. The Hall–Kier alpha value is -3.01. The van der Waals surface area contributed by atoms with Gasteiger partial charge in [-0.2, -0.15) is 0 Å². The van der Waals surface area contributed by atoms with Crippen molar-refractivity contribution in [1.29, 1.82) is 0 Å². The van der Waals surface area contributed by atoms with E-state index in [1.165, 1.54) is 11.1 Å². The van der Waals surface area contributed by atoms with Crippen molar-refractivity contribution >= 4 is 22.6 Å². The molecule has 0 amide bonds. The summed E-state index contributed by atoms with van der Waals surface area (Å²) in [4.78, 5) is 22.6. The van der Waals surface area contributed by atoms with Crippen molar-refractivity contribution in [3.8, 4) is 0 Å². The number of carbonyl (C=O) groups excluding carboxylic acids is 1. The van der Waals surface area contributed by atoms with Crippen LogP contribution in [0.3, 0.4) is 0 Å². The molecule has 2 heterocycles. The number of para-hydroxylation sites is 2. The molecule has 4 heteroatoms. The van der Waals surface area contributed by atoms with Crippen LogP contribution in [0.15, 0.2) is 48.5 Å². The molecule has 4 aromatic rings. The van der Waals surface area contributed by atoms with Crippen LogP contribution in [0.2, 0.25) is 0 Å². The first-order valence-corrected chi connectivity index (χ1v) is 9.92. The zero-order valence-corrected chi connectivity index (χ0v) is 16.4. The number of nitrogens with zero attached hydrogens (tertiary/aromatic N) is 3. The number of imidazole rings is 1. The summed E-state index contributed by atoms with van der Waals surface area (Å²) in [7, 11) is 0.